The van der Waals surface area contributed by atoms with E-state index in [4.69, 9.17) is 4.74 Å². The highest BCUT2D eigenvalue weighted by Crippen LogP contribution is 2.23. The van der Waals surface area contributed by atoms with Gasteiger partial charge in [-0.3, -0.25) is 9.78 Å². The molecule has 0 aliphatic carbocycles. The molecule has 0 bridgehead atoms. The Balaban J connectivity index is 1.73. The molecule has 138 valence electrons. The number of pyridine rings is 1. The second-order valence-corrected chi connectivity index (χ2v) is 5.96. The first-order valence-corrected chi connectivity index (χ1v) is 8.15. The van der Waals surface area contributed by atoms with Crippen molar-refractivity contribution in [1.82, 2.24) is 4.98 Å². The normalized spacial score (nSPS) is 10.7. The molecule has 27 heavy (non-hydrogen) atoms. The van der Waals surface area contributed by atoms with Gasteiger partial charge in [-0.15, -0.1) is 0 Å². The lowest BCUT2D eigenvalue weighted by molar-refractivity contribution is -0.119. The molecule has 0 radical (unpaired) electrons. The molecular formula is C20H16F2N2O3. The monoisotopic (exact) mass is 370 g/mol. The molecule has 1 aromatic heterocycles. The standard InChI is InChI=1S/C20H16F2N2O3/c1-11-14-5-3-4-6-16(14)23-12(2)19(11)20(26)27-10-18(25)24-17-9-13(21)7-8-15(17)22/h3-9H,10H2,1-2H3,(H,24,25). The van der Waals surface area contributed by atoms with Crippen LogP contribution < -0.4 is 5.32 Å². The number of hydrogen-bond donors (Lipinski definition) is 1. The second kappa shape index (κ2) is 7.49. The van der Waals surface area contributed by atoms with E-state index in [2.05, 4.69) is 10.3 Å². The van der Waals surface area contributed by atoms with Crippen molar-refractivity contribution in [2.24, 2.45) is 0 Å². The lowest BCUT2D eigenvalue weighted by Crippen LogP contribution is -2.22. The van der Waals surface area contributed by atoms with E-state index in [0.717, 1.165) is 29.1 Å². The molecule has 0 unspecified atom stereocenters. The average molecular weight is 370 g/mol. The van der Waals surface area contributed by atoms with E-state index in [-0.39, 0.29) is 11.3 Å². The van der Waals surface area contributed by atoms with Gasteiger partial charge in [0.2, 0.25) is 0 Å². The number of nitrogens with one attached hydrogen (secondary N) is 1. The Morgan fingerprint density at radius 2 is 1.85 bits per heavy atom. The average Bonchev–Trinajstić information content (AvgIpc) is 2.63. The van der Waals surface area contributed by atoms with Crippen LogP contribution in [-0.2, 0) is 9.53 Å². The Kier molecular flexibility index (Phi) is 5.12. The number of benzene rings is 2. The van der Waals surface area contributed by atoms with Crippen LogP contribution in [0, 0.1) is 25.5 Å². The molecule has 1 amide bonds. The number of carbonyl (C=O) groups is 2. The number of carbonyl (C=O) groups excluding carboxylic acids is 2. The zero-order valence-electron chi connectivity index (χ0n) is 14.7. The van der Waals surface area contributed by atoms with Gasteiger partial charge in [0.05, 0.1) is 22.5 Å². The van der Waals surface area contributed by atoms with Gasteiger partial charge in [0.1, 0.15) is 11.6 Å². The van der Waals surface area contributed by atoms with Crippen molar-refractivity contribution in [3.8, 4) is 0 Å². The molecule has 1 N–H and O–H groups in total. The Hall–Kier alpha value is -3.35. The molecule has 0 saturated heterocycles. The predicted molar refractivity (Wildman–Crippen MR) is 96.5 cm³/mol. The summed E-state index contributed by atoms with van der Waals surface area (Å²) >= 11 is 0. The summed E-state index contributed by atoms with van der Waals surface area (Å²) in [6.45, 7) is 2.81. The first kappa shape index (κ1) is 18.4. The maximum atomic E-state index is 13.6. The minimum Gasteiger partial charge on any atom is -0.452 e. The fourth-order valence-corrected chi connectivity index (χ4v) is 2.81. The number of ether oxygens (including phenoxy) is 1. The highest BCUT2D eigenvalue weighted by atomic mass is 19.1. The third-order valence-corrected chi connectivity index (χ3v) is 4.07. The molecule has 2 aromatic carbocycles. The fraction of sp³-hybridized carbons (Fsp3) is 0.150. The van der Waals surface area contributed by atoms with E-state index in [0.29, 0.717) is 11.3 Å². The number of anilines is 1. The molecule has 0 fully saturated rings. The van der Waals surface area contributed by atoms with Crippen LogP contribution in [0.5, 0.6) is 0 Å². The number of nitrogens with zero attached hydrogens (tertiary/aromatic N) is 1. The van der Waals surface area contributed by atoms with Crippen LogP contribution in [0.1, 0.15) is 21.6 Å². The number of halogens is 2. The van der Waals surface area contributed by atoms with E-state index in [1.54, 1.807) is 13.8 Å². The van der Waals surface area contributed by atoms with Gasteiger partial charge in [0.25, 0.3) is 5.91 Å². The van der Waals surface area contributed by atoms with Crippen molar-refractivity contribution in [3.05, 3.63) is 70.9 Å². The van der Waals surface area contributed by atoms with Gasteiger partial charge in [-0.2, -0.15) is 0 Å². The van der Waals surface area contributed by atoms with Gasteiger partial charge < -0.3 is 10.1 Å². The predicted octanol–water partition coefficient (Wildman–Crippen LogP) is 3.93. The van der Waals surface area contributed by atoms with Gasteiger partial charge in [0, 0.05) is 11.5 Å². The number of aromatic nitrogens is 1. The molecule has 1 heterocycles. The molecule has 0 spiro atoms. The number of esters is 1. The lowest BCUT2D eigenvalue weighted by atomic mass is 10.0. The fourth-order valence-electron chi connectivity index (χ4n) is 2.81. The smallest absolute Gasteiger partial charge is 0.340 e. The number of hydrogen-bond acceptors (Lipinski definition) is 4. The van der Waals surface area contributed by atoms with Crippen molar-refractivity contribution in [2.75, 3.05) is 11.9 Å². The van der Waals surface area contributed by atoms with Crippen LogP contribution >= 0.6 is 0 Å². The van der Waals surface area contributed by atoms with E-state index < -0.39 is 30.1 Å². The van der Waals surface area contributed by atoms with Gasteiger partial charge in [-0.05, 0) is 37.6 Å². The highest BCUT2D eigenvalue weighted by molar-refractivity contribution is 6.00. The third-order valence-electron chi connectivity index (χ3n) is 4.07. The minimum absolute atomic E-state index is 0.276. The van der Waals surface area contributed by atoms with E-state index >= 15 is 0 Å². The van der Waals surface area contributed by atoms with Crippen molar-refractivity contribution in [2.45, 2.75) is 13.8 Å². The number of rotatable bonds is 4. The van der Waals surface area contributed by atoms with Gasteiger partial charge in [-0.1, -0.05) is 18.2 Å². The van der Waals surface area contributed by atoms with Crippen molar-refractivity contribution in [1.29, 1.82) is 0 Å². The molecule has 0 aliphatic heterocycles. The van der Waals surface area contributed by atoms with Crippen molar-refractivity contribution < 1.29 is 23.1 Å². The number of fused-ring (bicyclic) bond motifs is 1. The Bertz CT molecular complexity index is 1050. The largest absolute Gasteiger partial charge is 0.452 e. The minimum atomic E-state index is -0.790. The molecular weight excluding hydrogens is 354 g/mol. The SMILES string of the molecule is Cc1nc2ccccc2c(C)c1C(=O)OCC(=O)Nc1cc(F)ccc1F. The van der Waals surface area contributed by atoms with Crippen LogP contribution in [0.3, 0.4) is 0 Å². The summed E-state index contributed by atoms with van der Waals surface area (Å²) in [5.74, 6) is -2.98. The molecule has 0 saturated carbocycles. The van der Waals surface area contributed by atoms with Crippen molar-refractivity contribution in [3.63, 3.8) is 0 Å². The van der Waals surface area contributed by atoms with Crippen LogP contribution in [0.25, 0.3) is 10.9 Å². The van der Waals surface area contributed by atoms with Gasteiger partial charge in [-0.25, -0.2) is 13.6 Å². The Labute approximate surface area is 154 Å². The summed E-state index contributed by atoms with van der Waals surface area (Å²) in [6, 6.07) is 10.0. The summed E-state index contributed by atoms with van der Waals surface area (Å²) in [5.41, 5.74) is 1.88. The number of para-hydroxylation sites is 1. The van der Waals surface area contributed by atoms with Crippen LogP contribution in [-0.4, -0.2) is 23.5 Å². The summed E-state index contributed by atoms with van der Waals surface area (Å²) in [7, 11) is 0. The zero-order chi connectivity index (χ0) is 19.6. The Morgan fingerprint density at radius 1 is 1.11 bits per heavy atom. The molecule has 0 aliphatic rings. The van der Waals surface area contributed by atoms with Gasteiger partial charge >= 0.3 is 5.97 Å². The third kappa shape index (κ3) is 3.92. The topological polar surface area (TPSA) is 68.3 Å². The second-order valence-electron chi connectivity index (χ2n) is 5.96. The quantitative estimate of drug-likeness (QED) is 0.707. The van der Waals surface area contributed by atoms with Gasteiger partial charge in [0.15, 0.2) is 6.61 Å². The first-order chi connectivity index (χ1) is 12.9. The molecule has 7 heteroatoms. The summed E-state index contributed by atoms with van der Waals surface area (Å²) in [6.07, 6.45) is 0. The molecule has 5 nitrogen and oxygen atoms in total. The molecule has 3 rings (SSSR count). The maximum absolute atomic E-state index is 13.6. The van der Waals surface area contributed by atoms with E-state index in [1.807, 2.05) is 24.3 Å². The lowest BCUT2D eigenvalue weighted by Gasteiger charge is -2.12. The summed E-state index contributed by atoms with van der Waals surface area (Å²) in [4.78, 5) is 28.7. The molecule has 0 atom stereocenters. The zero-order valence-corrected chi connectivity index (χ0v) is 14.7. The molecule has 3 aromatic rings. The maximum Gasteiger partial charge on any atom is 0.340 e. The highest BCUT2D eigenvalue weighted by Gasteiger charge is 2.19. The van der Waals surface area contributed by atoms with Crippen LogP contribution in [0.15, 0.2) is 42.5 Å². The first-order valence-electron chi connectivity index (χ1n) is 8.15. The number of amides is 1. The Morgan fingerprint density at radius 3 is 2.63 bits per heavy atom. The van der Waals surface area contributed by atoms with Crippen LogP contribution in [0.4, 0.5) is 14.5 Å². The van der Waals surface area contributed by atoms with E-state index in [9.17, 15) is 18.4 Å². The van der Waals surface area contributed by atoms with E-state index in [1.165, 1.54) is 0 Å². The summed E-state index contributed by atoms with van der Waals surface area (Å²) in [5, 5.41) is 2.98. The summed E-state index contributed by atoms with van der Waals surface area (Å²) < 4.78 is 31.7. The number of aryl methyl sites for hydroxylation is 2. The van der Waals surface area contributed by atoms with Crippen LogP contribution in [0.2, 0.25) is 0 Å². The van der Waals surface area contributed by atoms with Crippen molar-refractivity contribution >= 4 is 28.5 Å².